The average molecular weight is 227 g/mol. The van der Waals surface area contributed by atoms with E-state index in [9.17, 15) is 10.1 Å². The Bertz CT molecular complexity index is 462. The second-order valence-corrected chi connectivity index (χ2v) is 5.40. The van der Waals surface area contributed by atoms with Crippen molar-refractivity contribution in [2.24, 2.45) is 10.8 Å². The lowest BCUT2D eigenvalue weighted by atomic mass is 9.57. The predicted octanol–water partition coefficient (Wildman–Crippen LogP) is 3.00. The van der Waals surface area contributed by atoms with Crippen molar-refractivity contribution >= 4 is 5.78 Å². The number of carbonyl (C=O) groups is 1. The molecule has 0 spiro atoms. The van der Waals surface area contributed by atoms with Crippen molar-refractivity contribution in [1.29, 1.82) is 5.26 Å². The van der Waals surface area contributed by atoms with Gasteiger partial charge in [-0.2, -0.15) is 5.26 Å². The Morgan fingerprint density at radius 2 is 2.29 bits per heavy atom. The molecule has 0 bridgehead atoms. The van der Waals surface area contributed by atoms with E-state index in [2.05, 4.69) is 12.0 Å². The van der Waals surface area contributed by atoms with Gasteiger partial charge in [-0.15, -0.1) is 12.3 Å². The minimum Gasteiger partial charge on any atom is -0.295 e. The lowest BCUT2D eigenvalue weighted by Crippen LogP contribution is -2.40. The maximum atomic E-state index is 11.5. The summed E-state index contributed by atoms with van der Waals surface area (Å²) in [6.07, 6.45) is 12.0. The van der Waals surface area contributed by atoms with Gasteiger partial charge in [0.05, 0.1) is 11.5 Å². The molecule has 2 heteroatoms. The summed E-state index contributed by atoms with van der Waals surface area (Å²) in [5.74, 6) is 2.85. The largest absolute Gasteiger partial charge is 0.295 e. The number of terminal acetylenes is 1. The van der Waals surface area contributed by atoms with E-state index in [0.717, 1.165) is 25.7 Å². The van der Waals surface area contributed by atoms with Crippen LogP contribution in [0.25, 0.3) is 0 Å². The van der Waals surface area contributed by atoms with Gasteiger partial charge in [0.2, 0.25) is 0 Å². The zero-order chi connectivity index (χ0) is 12.5. The van der Waals surface area contributed by atoms with Gasteiger partial charge in [0, 0.05) is 18.3 Å². The first-order valence-electron chi connectivity index (χ1n) is 6.17. The number of nitrogens with zero attached hydrogens (tertiary/aromatic N) is 1. The van der Waals surface area contributed by atoms with Crippen molar-refractivity contribution < 1.29 is 4.79 Å². The van der Waals surface area contributed by atoms with Gasteiger partial charge in [-0.1, -0.05) is 5.57 Å². The van der Waals surface area contributed by atoms with Crippen LogP contribution in [-0.2, 0) is 4.79 Å². The summed E-state index contributed by atoms with van der Waals surface area (Å²) in [6, 6.07) is 2.43. The number of rotatable bonds is 2. The summed E-state index contributed by atoms with van der Waals surface area (Å²) in [4.78, 5) is 11.5. The van der Waals surface area contributed by atoms with Gasteiger partial charge in [-0.05, 0) is 38.7 Å². The van der Waals surface area contributed by atoms with E-state index in [1.807, 2.05) is 6.92 Å². The van der Waals surface area contributed by atoms with Crippen LogP contribution < -0.4 is 0 Å². The molecule has 0 aliphatic heterocycles. The van der Waals surface area contributed by atoms with Crippen LogP contribution in [0.15, 0.2) is 11.6 Å². The van der Waals surface area contributed by atoms with E-state index in [0.29, 0.717) is 12.8 Å². The van der Waals surface area contributed by atoms with Gasteiger partial charge in [-0.25, -0.2) is 0 Å². The number of hydrogen-bond acceptors (Lipinski definition) is 2. The summed E-state index contributed by atoms with van der Waals surface area (Å²) in [6.45, 7) is 1.96. The van der Waals surface area contributed by atoms with Gasteiger partial charge in [0.25, 0.3) is 0 Å². The molecule has 17 heavy (non-hydrogen) atoms. The third-order valence-electron chi connectivity index (χ3n) is 4.56. The molecule has 2 nitrogen and oxygen atoms in total. The molecule has 0 aromatic rings. The number of nitriles is 1. The van der Waals surface area contributed by atoms with Gasteiger partial charge in [-0.3, -0.25) is 4.79 Å². The Morgan fingerprint density at radius 3 is 2.94 bits per heavy atom. The molecular weight excluding hydrogens is 210 g/mol. The number of hydrogen-bond donors (Lipinski definition) is 0. The zero-order valence-electron chi connectivity index (χ0n) is 10.3. The highest BCUT2D eigenvalue weighted by atomic mass is 16.1. The summed E-state index contributed by atoms with van der Waals surface area (Å²) >= 11 is 0. The molecule has 0 radical (unpaired) electrons. The quantitative estimate of drug-likeness (QED) is 0.680. The third-order valence-corrected chi connectivity index (χ3v) is 4.56. The van der Waals surface area contributed by atoms with E-state index in [-0.39, 0.29) is 11.2 Å². The lowest BCUT2D eigenvalue weighted by molar-refractivity contribution is -0.116. The molecule has 2 aliphatic carbocycles. The first-order valence-corrected chi connectivity index (χ1v) is 6.17. The van der Waals surface area contributed by atoms with Crippen LogP contribution in [0.1, 0.15) is 45.4 Å². The second-order valence-electron chi connectivity index (χ2n) is 5.40. The van der Waals surface area contributed by atoms with Gasteiger partial charge < -0.3 is 0 Å². The molecule has 1 saturated carbocycles. The minimum atomic E-state index is -0.523. The van der Waals surface area contributed by atoms with Crippen molar-refractivity contribution in [3.8, 4) is 18.4 Å². The molecule has 2 aliphatic rings. The molecular formula is C15H17NO. The first kappa shape index (κ1) is 11.9. The number of carbonyl (C=O) groups excluding carboxylic acids is 1. The van der Waals surface area contributed by atoms with E-state index in [1.54, 1.807) is 6.08 Å². The number of fused-ring (bicyclic) bond motifs is 1. The lowest BCUT2D eigenvalue weighted by Gasteiger charge is -2.44. The van der Waals surface area contributed by atoms with E-state index in [1.165, 1.54) is 5.57 Å². The van der Waals surface area contributed by atoms with E-state index < -0.39 is 5.41 Å². The molecule has 2 rings (SSSR count). The smallest absolute Gasteiger partial charge is 0.155 e. The van der Waals surface area contributed by atoms with E-state index >= 15 is 0 Å². The third kappa shape index (κ3) is 1.60. The van der Waals surface area contributed by atoms with Crippen molar-refractivity contribution in [2.45, 2.75) is 45.4 Å². The molecule has 0 amide bonds. The van der Waals surface area contributed by atoms with Gasteiger partial charge >= 0.3 is 0 Å². The fraction of sp³-hybridized carbons (Fsp3) is 0.600. The summed E-state index contributed by atoms with van der Waals surface area (Å²) in [5.41, 5.74) is 0.514. The molecule has 0 aromatic carbocycles. The van der Waals surface area contributed by atoms with Crippen LogP contribution in [0.5, 0.6) is 0 Å². The standard InChI is InChI=1S/C15H17NO/c1-3-7-14(2,11-16)15-8-4-5-12(15)10-13(17)6-9-15/h1,10H,4-9H2,2H3. The van der Waals surface area contributed by atoms with Crippen LogP contribution in [0, 0.1) is 34.5 Å². The normalized spacial score (nSPS) is 30.8. The highest BCUT2D eigenvalue weighted by Gasteiger charge is 2.53. The van der Waals surface area contributed by atoms with Gasteiger partial charge in [0.1, 0.15) is 0 Å². The minimum absolute atomic E-state index is 0.137. The van der Waals surface area contributed by atoms with Crippen LogP contribution in [0.4, 0.5) is 0 Å². The maximum absolute atomic E-state index is 11.5. The predicted molar refractivity (Wildman–Crippen MR) is 65.8 cm³/mol. The summed E-state index contributed by atoms with van der Waals surface area (Å²) in [5, 5.41) is 9.52. The fourth-order valence-electron chi connectivity index (χ4n) is 3.51. The molecule has 0 saturated heterocycles. The molecule has 0 N–H and O–H groups in total. The van der Waals surface area contributed by atoms with Crippen molar-refractivity contribution in [3.63, 3.8) is 0 Å². The van der Waals surface area contributed by atoms with Crippen LogP contribution in [0.2, 0.25) is 0 Å². The Labute approximate surface area is 103 Å². The Morgan fingerprint density at radius 1 is 1.53 bits per heavy atom. The molecule has 2 atom stereocenters. The molecule has 0 heterocycles. The molecule has 2 unspecified atom stereocenters. The molecule has 1 fully saturated rings. The van der Waals surface area contributed by atoms with Gasteiger partial charge in [0.15, 0.2) is 5.78 Å². The fourth-order valence-corrected chi connectivity index (χ4v) is 3.51. The van der Waals surface area contributed by atoms with Crippen molar-refractivity contribution in [1.82, 2.24) is 0 Å². The summed E-state index contributed by atoms with van der Waals surface area (Å²) in [7, 11) is 0. The Kier molecular flexibility index (Phi) is 2.84. The van der Waals surface area contributed by atoms with Crippen molar-refractivity contribution in [3.05, 3.63) is 11.6 Å². The van der Waals surface area contributed by atoms with Crippen LogP contribution in [0.3, 0.4) is 0 Å². The highest BCUT2D eigenvalue weighted by Crippen LogP contribution is 2.59. The molecule has 88 valence electrons. The monoisotopic (exact) mass is 227 g/mol. The topological polar surface area (TPSA) is 40.9 Å². The van der Waals surface area contributed by atoms with Crippen molar-refractivity contribution in [2.75, 3.05) is 0 Å². The highest BCUT2D eigenvalue weighted by molar-refractivity contribution is 5.91. The average Bonchev–Trinajstić information content (AvgIpc) is 2.73. The van der Waals surface area contributed by atoms with Crippen LogP contribution >= 0.6 is 0 Å². The first-order chi connectivity index (χ1) is 8.08. The van der Waals surface area contributed by atoms with E-state index in [4.69, 9.17) is 6.42 Å². The SMILES string of the molecule is C#CCC(C)(C#N)C12CCCC1=CC(=O)CC2. The van der Waals surface area contributed by atoms with Crippen LogP contribution in [-0.4, -0.2) is 5.78 Å². The zero-order valence-corrected chi connectivity index (χ0v) is 10.3. The summed E-state index contributed by atoms with van der Waals surface area (Å²) < 4.78 is 0. The Hall–Kier alpha value is -1.54. The second kappa shape index (κ2) is 4.04. The molecule has 0 aromatic heterocycles. The Balaban J connectivity index is 2.48. The number of ketones is 1. The maximum Gasteiger partial charge on any atom is 0.155 e. The number of allylic oxidation sites excluding steroid dienone is 2.